The summed E-state index contributed by atoms with van der Waals surface area (Å²) in [5.41, 5.74) is 0. The van der Waals surface area contributed by atoms with Crippen molar-refractivity contribution in [1.29, 1.82) is 0 Å². The average Bonchev–Trinajstić information content (AvgIpc) is 0.918. The minimum Gasteiger partial charge on any atom is -0.415 e. The highest BCUT2D eigenvalue weighted by atomic mass is 28.2. The third kappa shape index (κ3) is 526. The Bertz CT molecular complexity index is 6.00. The first-order chi connectivity index (χ1) is 1.41. The molecule has 0 unspecified atom stereocenters. The Morgan fingerprint density at radius 1 is 1.25 bits per heavy atom. The van der Waals surface area contributed by atoms with Gasteiger partial charge in [0.05, 0.1) is 0 Å². The van der Waals surface area contributed by atoms with Crippen molar-refractivity contribution in [1.82, 2.24) is 0 Å². The van der Waals surface area contributed by atoms with Crippen LogP contribution in [0.2, 0.25) is 0 Å². The Hall–Kier alpha value is 0.0669. The van der Waals surface area contributed by atoms with E-state index in [9.17, 15) is 0 Å². The maximum absolute atomic E-state index is 7.26. The first-order valence-electron chi connectivity index (χ1n) is 0.632. The number of hydrogen-bond acceptors (Lipinski definition) is 2. The third-order valence-corrected chi connectivity index (χ3v) is 0. The Morgan fingerprint density at radius 3 is 1.25 bits per heavy atom. The summed E-state index contributed by atoms with van der Waals surface area (Å²) in [6, 6.07) is 0. The summed E-state index contributed by atoms with van der Waals surface area (Å²) in [7, 11) is -1.58. The van der Waals surface area contributed by atoms with Crippen molar-refractivity contribution in [2.24, 2.45) is 0 Å². The molecule has 4 heavy (non-hydrogen) atoms. The van der Waals surface area contributed by atoms with Gasteiger partial charge in [-0.25, -0.2) is 0 Å². The summed E-state index contributed by atoms with van der Waals surface area (Å²) in [5.74, 6) is 0. The lowest BCUT2D eigenvalue weighted by Crippen LogP contribution is -1.75. The molecule has 2 nitrogen and oxygen atoms in total. The van der Waals surface area contributed by atoms with Gasteiger partial charge in [-0.1, -0.05) is 0 Å². The van der Waals surface area contributed by atoms with Crippen LogP contribution in [0.4, 0.5) is 4.70 Å². The Kier molecular flexibility index (Phi) is 25.8. The second-order valence-electron chi connectivity index (χ2n) is 0.141. The molecule has 0 amide bonds. The molecule has 0 heterocycles. The van der Waals surface area contributed by atoms with E-state index < -0.39 is 10.0 Å². The minimum absolute atomic E-state index is 0. The quantitative estimate of drug-likeness (QED) is 0.337. The van der Waals surface area contributed by atoms with Crippen LogP contribution in [0.25, 0.3) is 0 Å². The zero-order valence-electron chi connectivity index (χ0n) is 2.01. The van der Waals surface area contributed by atoms with E-state index in [0.29, 0.717) is 0 Å². The second-order valence-corrected chi connectivity index (χ2v) is 0.424. The highest BCUT2D eigenvalue weighted by molar-refractivity contribution is 6.13. The molecule has 0 atom stereocenters. The van der Waals surface area contributed by atoms with Crippen molar-refractivity contribution in [3.63, 3.8) is 0 Å². The van der Waals surface area contributed by atoms with Crippen LogP contribution >= 0.6 is 0 Å². The van der Waals surface area contributed by atoms with Crippen molar-refractivity contribution in [3.8, 4) is 0 Å². The molecule has 0 aromatic carbocycles. The fourth-order valence-electron chi connectivity index (χ4n) is 0. The topological polar surface area (TPSA) is 40.5 Å². The summed E-state index contributed by atoms with van der Waals surface area (Å²) < 4.78 is 0. The van der Waals surface area contributed by atoms with Gasteiger partial charge in [0.2, 0.25) is 0 Å². The van der Waals surface area contributed by atoms with E-state index in [2.05, 4.69) is 0 Å². The lowest BCUT2D eigenvalue weighted by molar-refractivity contribution is 0.448. The second kappa shape index (κ2) is 11.5. The zero-order valence-corrected chi connectivity index (χ0v) is 3.42. The minimum atomic E-state index is -1.58. The number of hydrogen-bond donors (Lipinski definition) is 2. The van der Waals surface area contributed by atoms with E-state index in [-0.39, 0.29) is 4.70 Å². The molecular weight excluding hydrogens is 79.1 g/mol. The maximum atomic E-state index is 7.26. The summed E-state index contributed by atoms with van der Waals surface area (Å²) in [6.07, 6.45) is 0. The number of halogens is 1. The van der Waals surface area contributed by atoms with Gasteiger partial charge in [0.25, 0.3) is 10.0 Å². The van der Waals surface area contributed by atoms with Gasteiger partial charge in [-0.2, -0.15) is 0 Å². The van der Waals surface area contributed by atoms with Crippen LogP contribution in [0.5, 0.6) is 0 Å². The fourth-order valence-corrected chi connectivity index (χ4v) is 0. The first-order valence-corrected chi connectivity index (χ1v) is 1.90. The Morgan fingerprint density at radius 2 is 1.25 bits per heavy atom. The molecule has 0 spiro atoms. The molecule has 0 saturated heterocycles. The van der Waals surface area contributed by atoms with Crippen LogP contribution in [-0.2, 0) is 0 Å². The summed E-state index contributed by atoms with van der Waals surface area (Å²) >= 11 is 0. The molecule has 2 N–H and O–H groups in total. The van der Waals surface area contributed by atoms with Crippen LogP contribution in [0, 0.1) is 0 Å². The zero-order chi connectivity index (χ0) is 2.71. The molecule has 0 aliphatic carbocycles. The predicted molar refractivity (Wildman–Crippen MR) is 15.5 cm³/mol. The highest BCUT2D eigenvalue weighted by Crippen LogP contribution is 1.08. The van der Waals surface area contributed by atoms with Gasteiger partial charge in [-0.15, -0.1) is 0 Å². The molecule has 0 saturated carbocycles. The lowest BCUT2D eigenvalue weighted by Gasteiger charge is -1.52. The Labute approximate surface area is 25.5 Å². The molecule has 28 valence electrons. The van der Waals surface area contributed by atoms with Crippen LogP contribution in [0.3, 0.4) is 0 Å². The van der Waals surface area contributed by atoms with Gasteiger partial charge in [0, 0.05) is 0 Å². The predicted octanol–water partition coefficient (Wildman–Crippen LogP) is -1.88. The Balaban J connectivity index is 0. The van der Waals surface area contributed by atoms with E-state index in [1.807, 2.05) is 0 Å². The molecule has 0 aliphatic rings. The van der Waals surface area contributed by atoms with E-state index in [0.717, 1.165) is 0 Å². The van der Waals surface area contributed by atoms with Gasteiger partial charge in [-0.3, -0.25) is 4.70 Å². The molecule has 0 radical (unpaired) electrons. The summed E-state index contributed by atoms with van der Waals surface area (Å²) in [5, 5.41) is 0. The van der Waals surface area contributed by atoms with Crippen molar-refractivity contribution in [2.45, 2.75) is 0 Å². The average molecular weight is 84.1 g/mol. The monoisotopic (exact) mass is 84.0 g/mol. The molecular formula is H5FO2Si. The third-order valence-electron chi connectivity index (χ3n) is 0. The van der Waals surface area contributed by atoms with E-state index >= 15 is 0 Å². The van der Waals surface area contributed by atoms with Crippen LogP contribution in [0.1, 0.15) is 0 Å². The van der Waals surface area contributed by atoms with E-state index in [4.69, 9.17) is 9.59 Å². The normalized spacial score (nSPS) is 4.50. The van der Waals surface area contributed by atoms with Gasteiger partial charge >= 0.3 is 0 Å². The van der Waals surface area contributed by atoms with Gasteiger partial charge in [0.1, 0.15) is 0 Å². The fraction of sp³-hybridized carbons (Fsp3) is 0. The van der Waals surface area contributed by atoms with Crippen molar-refractivity contribution in [3.05, 3.63) is 0 Å². The molecule has 0 rings (SSSR count). The van der Waals surface area contributed by atoms with Crippen LogP contribution in [0.15, 0.2) is 0 Å². The first kappa shape index (κ1) is 8.95. The number of rotatable bonds is 0. The van der Waals surface area contributed by atoms with Crippen LogP contribution in [-0.4, -0.2) is 19.6 Å². The van der Waals surface area contributed by atoms with Crippen molar-refractivity contribution in [2.75, 3.05) is 0 Å². The molecule has 4 heteroatoms. The summed E-state index contributed by atoms with van der Waals surface area (Å²) in [6.45, 7) is 0. The molecule has 0 aromatic heterocycles. The van der Waals surface area contributed by atoms with Gasteiger partial charge < -0.3 is 9.59 Å². The molecule has 0 bridgehead atoms. The lowest BCUT2D eigenvalue weighted by atomic mass is 15.8. The van der Waals surface area contributed by atoms with Gasteiger partial charge in [0.15, 0.2) is 0 Å². The molecule has 0 aliphatic heterocycles. The molecule has 0 aromatic rings. The molecule has 0 fully saturated rings. The van der Waals surface area contributed by atoms with Crippen molar-refractivity contribution >= 4 is 10.0 Å². The maximum Gasteiger partial charge on any atom is 0.299 e. The van der Waals surface area contributed by atoms with E-state index in [1.54, 1.807) is 0 Å². The van der Waals surface area contributed by atoms with E-state index in [1.165, 1.54) is 0 Å². The van der Waals surface area contributed by atoms with Crippen LogP contribution < -0.4 is 0 Å². The standard InChI is InChI=1S/FH.H4O2Si/c;1-3-2/h1H;1-2H,3H2. The van der Waals surface area contributed by atoms with Gasteiger partial charge in [-0.05, 0) is 0 Å². The smallest absolute Gasteiger partial charge is 0.299 e. The largest absolute Gasteiger partial charge is 0.415 e. The van der Waals surface area contributed by atoms with Crippen molar-refractivity contribution < 1.29 is 14.3 Å². The summed E-state index contributed by atoms with van der Waals surface area (Å²) in [4.78, 5) is 14.5. The highest BCUT2D eigenvalue weighted by Gasteiger charge is 1.40. The SMILES string of the molecule is F.O[SiH2]O.